The van der Waals surface area contributed by atoms with Crippen molar-refractivity contribution in [2.45, 2.75) is 19.3 Å². The van der Waals surface area contributed by atoms with E-state index in [1.54, 1.807) is 6.08 Å². The number of anilines is 2. The van der Waals surface area contributed by atoms with Gasteiger partial charge in [0.2, 0.25) is 0 Å². The number of aliphatic carboxylic acids is 1. The zero-order valence-corrected chi connectivity index (χ0v) is 13.4. The van der Waals surface area contributed by atoms with Gasteiger partial charge in [0.25, 0.3) is 0 Å². The van der Waals surface area contributed by atoms with Gasteiger partial charge in [-0.25, -0.2) is 4.79 Å². The Morgan fingerprint density at radius 3 is 2.50 bits per heavy atom. The Balaban J connectivity index is 1.63. The highest BCUT2D eigenvalue weighted by molar-refractivity contribution is 5.89. The minimum absolute atomic E-state index is 0.496. The topological polar surface area (TPSA) is 40.5 Å². The Morgan fingerprint density at radius 2 is 1.79 bits per heavy atom. The molecular formula is C21H19NO2. The number of carboxylic acids is 1. The highest BCUT2D eigenvalue weighted by atomic mass is 16.4. The Hall–Kier alpha value is -2.81. The minimum Gasteiger partial charge on any atom is -0.478 e. The summed E-state index contributed by atoms with van der Waals surface area (Å²) < 4.78 is 0. The van der Waals surface area contributed by atoms with Crippen molar-refractivity contribution in [1.82, 2.24) is 0 Å². The fourth-order valence-electron chi connectivity index (χ4n) is 3.53. The molecule has 1 aliphatic heterocycles. The molecule has 2 aliphatic rings. The van der Waals surface area contributed by atoms with Crippen LogP contribution in [0, 0.1) is 0 Å². The van der Waals surface area contributed by atoms with Crippen LogP contribution in [0.1, 0.15) is 24.0 Å². The van der Waals surface area contributed by atoms with Crippen LogP contribution in [0.15, 0.2) is 66.3 Å². The largest absolute Gasteiger partial charge is 0.478 e. The highest BCUT2D eigenvalue weighted by Crippen LogP contribution is 2.37. The van der Waals surface area contributed by atoms with Gasteiger partial charge in [-0.05, 0) is 60.2 Å². The first kappa shape index (κ1) is 14.8. The molecule has 24 heavy (non-hydrogen) atoms. The first-order valence-electron chi connectivity index (χ1n) is 8.31. The van der Waals surface area contributed by atoms with Crippen LogP contribution in [0.2, 0.25) is 0 Å². The first-order valence-corrected chi connectivity index (χ1v) is 8.31. The summed E-state index contributed by atoms with van der Waals surface area (Å²) in [5, 5.41) is 9.06. The fourth-order valence-corrected chi connectivity index (χ4v) is 3.53. The number of allylic oxidation sites excluding steroid dienone is 3. The van der Waals surface area contributed by atoms with Crippen molar-refractivity contribution in [3.63, 3.8) is 0 Å². The van der Waals surface area contributed by atoms with Crippen LogP contribution in [0.3, 0.4) is 0 Å². The van der Waals surface area contributed by atoms with Gasteiger partial charge in [-0.15, -0.1) is 0 Å². The molecule has 2 aromatic rings. The van der Waals surface area contributed by atoms with E-state index in [1.807, 2.05) is 12.1 Å². The summed E-state index contributed by atoms with van der Waals surface area (Å²) in [6.07, 6.45) is 6.14. The molecule has 1 aliphatic carbocycles. The Kier molecular flexibility index (Phi) is 3.69. The standard InChI is InChI=1S/C21H19NO2/c23-21(24)16-8-6-15(7-9-16)17-10-11-20-18(14-17)12-13-22(20)19-4-2-1-3-5-19/h1-6,8,10-11,14H,7,9,12-13H2,(H,23,24). The lowest BCUT2D eigenvalue weighted by molar-refractivity contribution is -0.132. The second kappa shape index (κ2) is 6.00. The second-order valence-electron chi connectivity index (χ2n) is 6.27. The normalized spacial score (nSPS) is 16.4. The highest BCUT2D eigenvalue weighted by Gasteiger charge is 2.21. The summed E-state index contributed by atoms with van der Waals surface area (Å²) in [6.45, 7) is 1.00. The monoisotopic (exact) mass is 317 g/mol. The van der Waals surface area contributed by atoms with Gasteiger partial charge in [0.1, 0.15) is 0 Å². The number of fused-ring (bicyclic) bond motifs is 1. The van der Waals surface area contributed by atoms with Gasteiger partial charge in [-0.2, -0.15) is 0 Å². The third-order valence-electron chi connectivity index (χ3n) is 4.84. The summed E-state index contributed by atoms with van der Waals surface area (Å²) in [6, 6.07) is 17.1. The number of benzene rings is 2. The van der Waals surface area contributed by atoms with Gasteiger partial charge in [0, 0.05) is 23.5 Å². The van der Waals surface area contributed by atoms with Gasteiger partial charge < -0.3 is 10.0 Å². The fraction of sp³-hybridized carbons (Fsp3) is 0.190. The van der Waals surface area contributed by atoms with Crippen molar-refractivity contribution < 1.29 is 9.90 Å². The van der Waals surface area contributed by atoms with Crippen molar-refractivity contribution in [2.75, 3.05) is 11.4 Å². The molecule has 2 aromatic carbocycles. The van der Waals surface area contributed by atoms with Crippen molar-refractivity contribution >= 4 is 22.9 Å². The number of hydrogen-bond donors (Lipinski definition) is 1. The lowest BCUT2D eigenvalue weighted by atomic mass is 9.92. The van der Waals surface area contributed by atoms with E-state index >= 15 is 0 Å². The number of nitrogens with zero attached hydrogens (tertiary/aromatic N) is 1. The average Bonchev–Trinajstić information content (AvgIpc) is 3.05. The van der Waals surface area contributed by atoms with E-state index in [2.05, 4.69) is 47.4 Å². The molecule has 0 spiro atoms. The Labute approximate surface area is 141 Å². The molecule has 3 nitrogen and oxygen atoms in total. The predicted octanol–water partition coefficient (Wildman–Crippen LogP) is 4.57. The van der Waals surface area contributed by atoms with Crippen LogP contribution in [0.5, 0.6) is 0 Å². The van der Waals surface area contributed by atoms with Crippen LogP contribution in [0.4, 0.5) is 11.4 Å². The van der Waals surface area contributed by atoms with Crippen molar-refractivity contribution in [3.05, 3.63) is 77.4 Å². The number of carboxylic acid groups (broad SMARTS) is 1. The summed E-state index contributed by atoms with van der Waals surface area (Å²) in [4.78, 5) is 13.4. The molecule has 0 atom stereocenters. The summed E-state index contributed by atoms with van der Waals surface area (Å²) in [7, 11) is 0. The van der Waals surface area contributed by atoms with E-state index in [0.29, 0.717) is 12.0 Å². The minimum atomic E-state index is -0.808. The number of carbonyl (C=O) groups is 1. The molecule has 0 amide bonds. The molecule has 0 bridgehead atoms. The van der Waals surface area contributed by atoms with Gasteiger partial charge in [-0.3, -0.25) is 0 Å². The van der Waals surface area contributed by atoms with Crippen LogP contribution in [-0.4, -0.2) is 17.6 Å². The summed E-state index contributed by atoms with van der Waals surface area (Å²) >= 11 is 0. The molecule has 0 unspecified atom stereocenters. The van der Waals surface area contributed by atoms with Crippen LogP contribution in [-0.2, 0) is 11.2 Å². The van der Waals surface area contributed by atoms with E-state index in [4.69, 9.17) is 5.11 Å². The molecule has 0 radical (unpaired) electrons. The SMILES string of the molecule is O=C(O)C1=CC=C(c2ccc3c(c2)CCN3c2ccccc2)CC1. The van der Waals surface area contributed by atoms with Gasteiger partial charge >= 0.3 is 5.97 Å². The smallest absolute Gasteiger partial charge is 0.331 e. The maximum atomic E-state index is 11.0. The lowest BCUT2D eigenvalue weighted by Crippen LogP contribution is -2.12. The summed E-state index contributed by atoms with van der Waals surface area (Å²) in [5.74, 6) is -0.808. The summed E-state index contributed by atoms with van der Waals surface area (Å²) in [5.41, 5.74) is 6.81. The molecule has 4 rings (SSSR count). The van der Waals surface area contributed by atoms with Crippen molar-refractivity contribution in [2.24, 2.45) is 0 Å². The van der Waals surface area contributed by atoms with Gasteiger partial charge in [0.05, 0.1) is 0 Å². The molecular weight excluding hydrogens is 298 g/mol. The van der Waals surface area contributed by atoms with E-state index in [0.717, 1.165) is 19.4 Å². The molecule has 1 N–H and O–H groups in total. The van der Waals surface area contributed by atoms with Crippen molar-refractivity contribution in [3.8, 4) is 0 Å². The predicted molar refractivity (Wildman–Crippen MR) is 96.5 cm³/mol. The van der Waals surface area contributed by atoms with Gasteiger partial charge in [-0.1, -0.05) is 36.4 Å². The van der Waals surface area contributed by atoms with E-state index in [1.165, 1.54) is 28.1 Å². The van der Waals surface area contributed by atoms with Crippen molar-refractivity contribution in [1.29, 1.82) is 0 Å². The molecule has 120 valence electrons. The molecule has 0 saturated heterocycles. The third-order valence-corrected chi connectivity index (χ3v) is 4.84. The number of rotatable bonds is 3. The quantitative estimate of drug-likeness (QED) is 0.901. The zero-order valence-electron chi connectivity index (χ0n) is 13.4. The lowest BCUT2D eigenvalue weighted by Gasteiger charge is -2.20. The molecule has 1 heterocycles. The Bertz CT molecular complexity index is 849. The third kappa shape index (κ3) is 2.62. The molecule has 3 heteroatoms. The average molecular weight is 317 g/mol. The van der Waals surface area contributed by atoms with Gasteiger partial charge in [0.15, 0.2) is 0 Å². The maximum Gasteiger partial charge on any atom is 0.331 e. The zero-order chi connectivity index (χ0) is 16.5. The van der Waals surface area contributed by atoms with Crippen LogP contribution >= 0.6 is 0 Å². The van der Waals surface area contributed by atoms with E-state index in [9.17, 15) is 4.79 Å². The van der Waals surface area contributed by atoms with Crippen LogP contribution in [0.25, 0.3) is 5.57 Å². The first-order chi connectivity index (χ1) is 11.7. The number of hydrogen-bond acceptors (Lipinski definition) is 2. The van der Waals surface area contributed by atoms with Crippen LogP contribution < -0.4 is 4.90 Å². The second-order valence-corrected chi connectivity index (χ2v) is 6.27. The molecule has 0 fully saturated rings. The van der Waals surface area contributed by atoms with E-state index in [-0.39, 0.29) is 0 Å². The number of para-hydroxylation sites is 1. The Morgan fingerprint density at radius 1 is 0.958 bits per heavy atom. The molecule has 0 aromatic heterocycles. The maximum absolute atomic E-state index is 11.0. The molecule has 0 saturated carbocycles. The van der Waals surface area contributed by atoms with E-state index < -0.39 is 5.97 Å².